The van der Waals surface area contributed by atoms with Crippen LogP contribution < -0.4 is 15.4 Å². The minimum Gasteiger partial charge on any atom is -0.496 e. The lowest BCUT2D eigenvalue weighted by Gasteiger charge is -2.18. The average Bonchev–Trinajstić information content (AvgIpc) is 2.67. The molecule has 0 fully saturated rings. The zero-order valence-electron chi connectivity index (χ0n) is 16.0. The lowest BCUT2D eigenvalue weighted by atomic mass is 10.2. The van der Waals surface area contributed by atoms with Crippen molar-refractivity contribution >= 4 is 5.96 Å². The van der Waals surface area contributed by atoms with Gasteiger partial charge in [0.2, 0.25) is 0 Å². The zero-order valence-corrected chi connectivity index (χ0v) is 16.0. The van der Waals surface area contributed by atoms with Gasteiger partial charge < -0.3 is 20.3 Å². The number of hydrogen-bond acceptors (Lipinski definition) is 3. The van der Waals surface area contributed by atoms with Gasteiger partial charge in [0.15, 0.2) is 5.96 Å². The van der Waals surface area contributed by atoms with Crippen molar-refractivity contribution in [3.8, 4) is 5.75 Å². The van der Waals surface area contributed by atoms with E-state index in [4.69, 9.17) is 4.74 Å². The highest BCUT2D eigenvalue weighted by atomic mass is 16.5. The Hall–Kier alpha value is -2.53. The van der Waals surface area contributed by atoms with Crippen molar-refractivity contribution in [1.82, 2.24) is 15.5 Å². The number of ether oxygens (including phenoxy) is 1. The molecular formula is C21H30N4O. The summed E-state index contributed by atoms with van der Waals surface area (Å²) in [5.41, 5.74) is 2.40. The molecule has 5 nitrogen and oxygen atoms in total. The van der Waals surface area contributed by atoms with Crippen LogP contribution in [-0.4, -0.2) is 44.7 Å². The fourth-order valence-electron chi connectivity index (χ4n) is 2.68. The summed E-state index contributed by atoms with van der Waals surface area (Å²) in [7, 11) is 3.82. The fourth-order valence-corrected chi connectivity index (χ4v) is 2.68. The van der Waals surface area contributed by atoms with Crippen molar-refractivity contribution < 1.29 is 4.74 Å². The lowest BCUT2D eigenvalue weighted by molar-refractivity contribution is 0.331. The number of para-hydroxylation sites is 1. The van der Waals surface area contributed by atoms with Crippen molar-refractivity contribution in [2.75, 3.05) is 33.8 Å². The van der Waals surface area contributed by atoms with Crippen molar-refractivity contribution in [2.24, 2.45) is 4.99 Å². The first kappa shape index (κ1) is 19.8. The highest BCUT2D eigenvalue weighted by molar-refractivity contribution is 5.79. The molecule has 0 saturated carbocycles. The van der Waals surface area contributed by atoms with Crippen molar-refractivity contribution in [2.45, 2.75) is 20.0 Å². The number of rotatable bonds is 9. The second-order valence-corrected chi connectivity index (χ2v) is 6.16. The van der Waals surface area contributed by atoms with Crippen LogP contribution in [-0.2, 0) is 13.1 Å². The van der Waals surface area contributed by atoms with Gasteiger partial charge >= 0.3 is 0 Å². The van der Waals surface area contributed by atoms with Crippen LogP contribution >= 0.6 is 0 Å². The lowest BCUT2D eigenvalue weighted by Crippen LogP contribution is -2.40. The Balaban J connectivity index is 1.83. The Morgan fingerprint density at radius 2 is 1.77 bits per heavy atom. The molecule has 26 heavy (non-hydrogen) atoms. The molecule has 0 aromatic heterocycles. The SMILES string of the molecule is CCNC(=NCc1ccccc1OC)NCCN(C)Cc1ccccc1. The van der Waals surface area contributed by atoms with E-state index >= 15 is 0 Å². The Bertz CT molecular complexity index is 673. The molecule has 2 rings (SSSR count). The molecule has 2 aromatic carbocycles. The van der Waals surface area contributed by atoms with E-state index < -0.39 is 0 Å². The first-order valence-electron chi connectivity index (χ1n) is 9.09. The molecule has 2 N–H and O–H groups in total. The number of methoxy groups -OCH3 is 1. The standard InChI is InChI=1S/C21H30N4O/c1-4-22-21(24-16-19-12-8-9-13-20(19)26-3)23-14-15-25(2)17-18-10-6-5-7-11-18/h5-13H,4,14-17H2,1-3H3,(H2,22,23,24). The van der Waals surface area contributed by atoms with E-state index in [9.17, 15) is 0 Å². The number of guanidine groups is 1. The molecule has 0 saturated heterocycles. The first-order valence-corrected chi connectivity index (χ1v) is 9.09. The molecule has 0 radical (unpaired) electrons. The number of aliphatic imine (C=N–C) groups is 1. The fraction of sp³-hybridized carbons (Fsp3) is 0.381. The highest BCUT2D eigenvalue weighted by Crippen LogP contribution is 2.17. The topological polar surface area (TPSA) is 48.9 Å². The summed E-state index contributed by atoms with van der Waals surface area (Å²) in [6, 6.07) is 18.5. The van der Waals surface area contributed by atoms with Gasteiger partial charge in [-0.3, -0.25) is 0 Å². The van der Waals surface area contributed by atoms with E-state index in [1.165, 1.54) is 5.56 Å². The predicted molar refractivity (Wildman–Crippen MR) is 109 cm³/mol. The third kappa shape index (κ3) is 6.76. The first-order chi connectivity index (χ1) is 12.7. The van der Waals surface area contributed by atoms with Gasteiger partial charge in [0.1, 0.15) is 5.75 Å². The maximum absolute atomic E-state index is 5.39. The molecule has 0 spiro atoms. The van der Waals surface area contributed by atoms with Gasteiger partial charge in [-0.05, 0) is 25.6 Å². The molecule has 0 heterocycles. The van der Waals surface area contributed by atoms with Gasteiger partial charge in [-0.1, -0.05) is 48.5 Å². The average molecular weight is 354 g/mol. The molecule has 0 atom stereocenters. The van der Waals surface area contributed by atoms with Crippen molar-refractivity contribution in [1.29, 1.82) is 0 Å². The van der Waals surface area contributed by atoms with E-state index in [1.807, 2.05) is 30.3 Å². The molecule has 0 unspecified atom stereocenters. The third-order valence-corrected chi connectivity index (χ3v) is 4.03. The van der Waals surface area contributed by atoms with Gasteiger partial charge in [0.25, 0.3) is 0 Å². The Kier molecular flexibility index (Phi) is 8.49. The molecule has 0 amide bonds. The molecule has 140 valence electrons. The minimum atomic E-state index is 0.583. The van der Waals surface area contributed by atoms with Crippen LogP contribution in [0.3, 0.4) is 0 Å². The van der Waals surface area contributed by atoms with Crippen LogP contribution in [0.2, 0.25) is 0 Å². The third-order valence-electron chi connectivity index (χ3n) is 4.03. The highest BCUT2D eigenvalue weighted by Gasteiger charge is 2.04. The number of nitrogens with zero attached hydrogens (tertiary/aromatic N) is 2. The summed E-state index contributed by atoms with van der Waals surface area (Å²) in [4.78, 5) is 6.97. The van der Waals surface area contributed by atoms with E-state index in [0.29, 0.717) is 6.54 Å². The Morgan fingerprint density at radius 3 is 2.50 bits per heavy atom. The van der Waals surface area contributed by atoms with Gasteiger partial charge in [0.05, 0.1) is 13.7 Å². The molecule has 2 aromatic rings. The summed E-state index contributed by atoms with van der Waals surface area (Å²) in [6.07, 6.45) is 0. The number of nitrogens with one attached hydrogen (secondary N) is 2. The van der Waals surface area contributed by atoms with Crippen LogP contribution in [0.15, 0.2) is 59.6 Å². The van der Waals surface area contributed by atoms with Crippen LogP contribution in [0.5, 0.6) is 5.75 Å². The Labute approximate surface area is 157 Å². The molecule has 0 bridgehead atoms. The van der Waals surface area contributed by atoms with Gasteiger partial charge in [-0.2, -0.15) is 0 Å². The zero-order chi connectivity index (χ0) is 18.6. The van der Waals surface area contributed by atoms with Crippen LogP contribution in [0.25, 0.3) is 0 Å². The summed E-state index contributed by atoms with van der Waals surface area (Å²) in [5, 5.41) is 6.69. The summed E-state index contributed by atoms with van der Waals surface area (Å²) in [6.45, 7) is 6.20. The van der Waals surface area contributed by atoms with Crippen molar-refractivity contribution in [3.05, 3.63) is 65.7 Å². The minimum absolute atomic E-state index is 0.583. The predicted octanol–water partition coefficient (Wildman–Crippen LogP) is 2.88. The van der Waals surface area contributed by atoms with Gasteiger partial charge in [0, 0.05) is 31.7 Å². The summed E-state index contributed by atoms with van der Waals surface area (Å²) >= 11 is 0. The number of hydrogen-bond donors (Lipinski definition) is 2. The number of benzene rings is 2. The van der Waals surface area contributed by atoms with Crippen LogP contribution in [0, 0.1) is 0 Å². The van der Waals surface area contributed by atoms with Crippen LogP contribution in [0.4, 0.5) is 0 Å². The smallest absolute Gasteiger partial charge is 0.191 e. The summed E-state index contributed by atoms with van der Waals surface area (Å²) in [5.74, 6) is 1.70. The van der Waals surface area contributed by atoms with Gasteiger partial charge in [-0.15, -0.1) is 0 Å². The Morgan fingerprint density at radius 1 is 1.04 bits per heavy atom. The molecule has 5 heteroatoms. The normalized spacial score (nSPS) is 11.5. The quantitative estimate of drug-likeness (QED) is 0.537. The molecule has 0 aliphatic heterocycles. The van der Waals surface area contributed by atoms with E-state index in [0.717, 1.165) is 43.5 Å². The molecular weight excluding hydrogens is 324 g/mol. The largest absolute Gasteiger partial charge is 0.496 e. The van der Waals surface area contributed by atoms with E-state index in [1.54, 1.807) is 7.11 Å². The number of likely N-dealkylation sites (N-methyl/N-ethyl adjacent to an activating group) is 1. The van der Waals surface area contributed by atoms with E-state index in [-0.39, 0.29) is 0 Å². The monoisotopic (exact) mass is 354 g/mol. The molecule has 0 aliphatic carbocycles. The van der Waals surface area contributed by atoms with E-state index in [2.05, 4.69) is 58.8 Å². The summed E-state index contributed by atoms with van der Waals surface area (Å²) < 4.78 is 5.39. The maximum Gasteiger partial charge on any atom is 0.191 e. The van der Waals surface area contributed by atoms with Crippen molar-refractivity contribution in [3.63, 3.8) is 0 Å². The van der Waals surface area contributed by atoms with Crippen LogP contribution in [0.1, 0.15) is 18.1 Å². The second kappa shape index (κ2) is 11.2. The maximum atomic E-state index is 5.39. The molecule has 0 aliphatic rings. The second-order valence-electron chi connectivity index (χ2n) is 6.16. The van der Waals surface area contributed by atoms with Gasteiger partial charge in [-0.25, -0.2) is 4.99 Å².